The summed E-state index contributed by atoms with van der Waals surface area (Å²) in [5.41, 5.74) is 0. The van der Waals surface area contributed by atoms with Gasteiger partial charge in [-0.15, -0.1) is 0 Å². The molecule has 0 aromatic heterocycles. The fourth-order valence-electron chi connectivity index (χ4n) is 3.92. The van der Waals surface area contributed by atoms with Crippen molar-refractivity contribution in [2.75, 3.05) is 20.1 Å². The van der Waals surface area contributed by atoms with Crippen LogP contribution < -0.4 is 5.32 Å². The van der Waals surface area contributed by atoms with Gasteiger partial charge in [0, 0.05) is 25.2 Å². The second-order valence-electron chi connectivity index (χ2n) is 7.28. The predicted octanol–water partition coefficient (Wildman–Crippen LogP) is 3.42. The number of likely N-dealkylation sites (N-methyl/N-ethyl adjacent to an activating group) is 1. The molecular weight excluding hydrogens is 232 g/mol. The van der Waals surface area contributed by atoms with E-state index in [1.807, 2.05) is 0 Å². The first-order chi connectivity index (χ1) is 9.34. The molecule has 0 aromatic carbocycles. The Balaban J connectivity index is 1.36. The van der Waals surface area contributed by atoms with Crippen LogP contribution in [0.15, 0.2) is 0 Å². The summed E-state index contributed by atoms with van der Waals surface area (Å²) in [5, 5.41) is 3.89. The molecule has 0 spiro atoms. The number of rotatable bonds is 7. The summed E-state index contributed by atoms with van der Waals surface area (Å²) in [6.07, 6.45) is 14.7. The molecule has 19 heavy (non-hydrogen) atoms. The lowest BCUT2D eigenvalue weighted by molar-refractivity contribution is 0.216. The summed E-state index contributed by atoms with van der Waals surface area (Å²) in [6.45, 7) is 2.46. The Kier molecular flexibility index (Phi) is 4.81. The van der Waals surface area contributed by atoms with Gasteiger partial charge in [-0.2, -0.15) is 0 Å². The van der Waals surface area contributed by atoms with Crippen LogP contribution in [0.5, 0.6) is 0 Å². The maximum absolute atomic E-state index is 3.89. The molecule has 110 valence electrons. The summed E-state index contributed by atoms with van der Waals surface area (Å²) in [7, 11) is 2.35. The van der Waals surface area contributed by atoms with E-state index in [9.17, 15) is 0 Å². The van der Waals surface area contributed by atoms with E-state index in [0.29, 0.717) is 0 Å². The van der Waals surface area contributed by atoms with E-state index in [4.69, 9.17) is 0 Å². The number of nitrogens with zero attached hydrogens (tertiary/aromatic N) is 1. The van der Waals surface area contributed by atoms with E-state index in [1.54, 1.807) is 0 Å². The van der Waals surface area contributed by atoms with Crippen LogP contribution in [0, 0.1) is 11.8 Å². The largest absolute Gasteiger partial charge is 0.312 e. The molecule has 0 atom stereocenters. The third kappa shape index (κ3) is 4.19. The normalized spacial score (nSPS) is 26.1. The average molecular weight is 264 g/mol. The molecule has 0 unspecified atom stereocenters. The maximum atomic E-state index is 3.89. The monoisotopic (exact) mass is 264 g/mol. The maximum Gasteiger partial charge on any atom is 0.0124 e. The molecule has 0 radical (unpaired) electrons. The molecule has 2 nitrogen and oxygen atoms in total. The first kappa shape index (κ1) is 13.9. The standard InChI is InChI=1S/C17H32N2/c1-19(16-6-4-2-3-5-7-16)13-12-18-17(14-8-9-14)15-10-11-15/h14-18H,2-13H2,1H3. The third-order valence-corrected chi connectivity index (χ3v) is 5.55. The van der Waals surface area contributed by atoms with Crippen molar-refractivity contribution in [3.63, 3.8) is 0 Å². The van der Waals surface area contributed by atoms with Gasteiger partial charge in [-0.05, 0) is 57.4 Å². The van der Waals surface area contributed by atoms with Gasteiger partial charge in [0.15, 0.2) is 0 Å². The summed E-state index contributed by atoms with van der Waals surface area (Å²) < 4.78 is 0. The fraction of sp³-hybridized carbons (Fsp3) is 1.00. The lowest BCUT2D eigenvalue weighted by Crippen LogP contribution is -2.41. The van der Waals surface area contributed by atoms with Crippen LogP contribution in [-0.4, -0.2) is 37.1 Å². The van der Waals surface area contributed by atoms with Gasteiger partial charge in [-0.3, -0.25) is 0 Å². The van der Waals surface area contributed by atoms with Crippen molar-refractivity contribution in [3.05, 3.63) is 0 Å². The molecule has 3 rings (SSSR count). The van der Waals surface area contributed by atoms with Crippen LogP contribution in [0.2, 0.25) is 0 Å². The zero-order valence-electron chi connectivity index (χ0n) is 12.7. The van der Waals surface area contributed by atoms with Gasteiger partial charge in [-0.25, -0.2) is 0 Å². The molecule has 3 aliphatic rings. The summed E-state index contributed by atoms with van der Waals surface area (Å²) in [6, 6.07) is 1.74. The minimum atomic E-state index is 0.865. The van der Waals surface area contributed by atoms with Crippen LogP contribution in [-0.2, 0) is 0 Å². The zero-order valence-corrected chi connectivity index (χ0v) is 12.7. The van der Waals surface area contributed by atoms with Crippen molar-refractivity contribution in [3.8, 4) is 0 Å². The fourth-order valence-corrected chi connectivity index (χ4v) is 3.92. The second kappa shape index (κ2) is 6.58. The summed E-state index contributed by atoms with van der Waals surface area (Å²) in [5.74, 6) is 2.08. The second-order valence-corrected chi connectivity index (χ2v) is 7.28. The molecule has 0 bridgehead atoms. The van der Waals surface area contributed by atoms with Gasteiger partial charge in [0.1, 0.15) is 0 Å². The van der Waals surface area contributed by atoms with Gasteiger partial charge in [0.25, 0.3) is 0 Å². The molecule has 0 saturated heterocycles. The molecule has 1 N–H and O–H groups in total. The topological polar surface area (TPSA) is 15.3 Å². The van der Waals surface area contributed by atoms with E-state index < -0.39 is 0 Å². The molecule has 0 aromatic rings. The van der Waals surface area contributed by atoms with Crippen molar-refractivity contribution in [1.82, 2.24) is 10.2 Å². The summed E-state index contributed by atoms with van der Waals surface area (Å²) >= 11 is 0. The highest BCUT2D eigenvalue weighted by molar-refractivity contribution is 4.96. The van der Waals surface area contributed by atoms with Crippen LogP contribution in [0.4, 0.5) is 0 Å². The van der Waals surface area contributed by atoms with Crippen molar-refractivity contribution in [1.29, 1.82) is 0 Å². The highest BCUT2D eigenvalue weighted by atomic mass is 15.1. The lowest BCUT2D eigenvalue weighted by Gasteiger charge is -2.28. The third-order valence-electron chi connectivity index (χ3n) is 5.55. The molecular formula is C17H32N2. The highest BCUT2D eigenvalue weighted by Gasteiger charge is 2.40. The molecule has 0 heterocycles. The van der Waals surface area contributed by atoms with Crippen LogP contribution in [0.1, 0.15) is 64.2 Å². The number of hydrogen-bond acceptors (Lipinski definition) is 2. The zero-order chi connectivity index (χ0) is 13.1. The van der Waals surface area contributed by atoms with E-state index >= 15 is 0 Å². The Hall–Kier alpha value is -0.0800. The smallest absolute Gasteiger partial charge is 0.0124 e. The van der Waals surface area contributed by atoms with Crippen LogP contribution in [0.25, 0.3) is 0 Å². The Morgan fingerprint density at radius 1 is 0.895 bits per heavy atom. The van der Waals surface area contributed by atoms with Crippen molar-refractivity contribution >= 4 is 0 Å². The molecule has 3 saturated carbocycles. The van der Waals surface area contributed by atoms with Gasteiger partial charge in [0.05, 0.1) is 0 Å². The predicted molar refractivity (Wildman–Crippen MR) is 81.4 cm³/mol. The molecule has 0 amide bonds. The molecule has 0 aliphatic heterocycles. The van der Waals surface area contributed by atoms with E-state index in [1.165, 1.54) is 77.3 Å². The van der Waals surface area contributed by atoms with Gasteiger partial charge in [0.2, 0.25) is 0 Å². The minimum absolute atomic E-state index is 0.865. The molecule has 3 aliphatic carbocycles. The van der Waals surface area contributed by atoms with Gasteiger partial charge in [-0.1, -0.05) is 25.7 Å². The van der Waals surface area contributed by atoms with E-state index in [2.05, 4.69) is 17.3 Å². The Labute approximate surface area is 119 Å². The Bertz CT molecular complexity index is 250. The van der Waals surface area contributed by atoms with Crippen LogP contribution in [0.3, 0.4) is 0 Å². The van der Waals surface area contributed by atoms with Crippen LogP contribution >= 0.6 is 0 Å². The lowest BCUT2D eigenvalue weighted by atomic mass is 10.1. The highest BCUT2D eigenvalue weighted by Crippen LogP contribution is 2.44. The van der Waals surface area contributed by atoms with Gasteiger partial charge >= 0.3 is 0 Å². The number of nitrogens with one attached hydrogen (secondary N) is 1. The minimum Gasteiger partial charge on any atom is -0.312 e. The van der Waals surface area contributed by atoms with Crippen molar-refractivity contribution in [2.45, 2.75) is 76.3 Å². The van der Waals surface area contributed by atoms with E-state index in [0.717, 1.165) is 23.9 Å². The Morgan fingerprint density at radius 3 is 2.00 bits per heavy atom. The first-order valence-electron chi connectivity index (χ1n) is 8.78. The SMILES string of the molecule is CN(CCNC(C1CC1)C1CC1)C1CCCCCC1. The molecule has 2 heteroatoms. The summed E-state index contributed by atoms with van der Waals surface area (Å²) in [4.78, 5) is 2.63. The van der Waals surface area contributed by atoms with E-state index in [-0.39, 0.29) is 0 Å². The number of hydrogen-bond donors (Lipinski definition) is 1. The van der Waals surface area contributed by atoms with Crippen molar-refractivity contribution in [2.24, 2.45) is 11.8 Å². The quantitative estimate of drug-likeness (QED) is 0.709. The first-order valence-corrected chi connectivity index (χ1v) is 8.78. The average Bonchev–Trinajstić information content (AvgIpc) is 3.31. The van der Waals surface area contributed by atoms with Gasteiger partial charge < -0.3 is 10.2 Å². The Morgan fingerprint density at radius 2 is 1.47 bits per heavy atom. The van der Waals surface area contributed by atoms with Crippen molar-refractivity contribution < 1.29 is 0 Å². The molecule has 3 fully saturated rings.